The molecule has 0 saturated heterocycles. The van der Waals surface area contributed by atoms with E-state index in [1.54, 1.807) is 6.07 Å². The van der Waals surface area contributed by atoms with Crippen LogP contribution in [0.5, 0.6) is 11.5 Å². The first-order chi connectivity index (χ1) is 15.7. The highest BCUT2D eigenvalue weighted by Crippen LogP contribution is 2.32. The molecule has 3 aromatic rings. The fraction of sp³-hybridized carbons (Fsp3) is 0.280. The fourth-order valence-electron chi connectivity index (χ4n) is 3.49. The Labute approximate surface area is 187 Å². The van der Waals surface area contributed by atoms with Gasteiger partial charge in [0, 0.05) is 19.2 Å². The Bertz CT molecular complexity index is 1060. The number of hydrogen-bond donors (Lipinski definition) is 1. The van der Waals surface area contributed by atoms with E-state index in [0.29, 0.717) is 24.6 Å². The normalized spacial score (nSPS) is 12.6. The number of benzene rings is 2. The van der Waals surface area contributed by atoms with Gasteiger partial charge in [-0.2, -0.15) is 0 Å². The summed E-state index contributed by atoms with van der Waals surface area (Å²) >= 11 is 0. The zero-order valence-electron chi connectivity index (χ0n) is 18.1. The average molecular weight is 434 g/mol. The van der Waals surface area contributed by atoms with Gasteiger partial charge >= 0.3 is 0 Å². The molecule has 0 fully saturated rings. The number of aromatic nitrogens is 1. The summed E-state index contributed by atoms with van der Waals surface area (Å²) in [5.41, 5.74) is 2.37. The van der Waals surface area contributed by atoms with Crippen LogP contribution in [0.4, 0.5) is 0 Å². The Morgan fingerprint density at radius 3 is 2.81 bits per heavy atom. The maximum Gasteiger partial charge on any atom is 0.273 e. The second kappa shape index (κ2) is 10.6. The van der Waals surface area contributed by atoms with Crippen molar-refractivity contribution in [2.75, 3.05) is 19.9 Å². The Morgan fingerprint density at radius 1 is 1.12 bits per heavy atom. The van der Waals surface area contributed by atoms with Crippen LogP contribution in [0.1, 0.15) is 40.7 Å². The van der Waals surface area contributed by atoms with E-state index in [2.05, 4.69) is 46.6 Å². The quantitative estimate of drug-likeness (QED) is 0.515. The number of rotatable bonds is 10. The lowest BCUT2D eigenvalue weighted by Gasteiger charge is -2.17. The van der Waals surface area contributed by atoms with Crippen molar-refractivity contribution in [2.45, 2.75) is 26.4 Å². The number of nitrogens with one attached hydrogen (secondary N) is 1. The van der Waals surface area contributed by atoms with Crippen molar-refractivity contribution in [1.82, 2.24) is 15.4 Å². The minimum atomic E-state index is -0.274. The SMILES string of the molecule is CCCN(CC=Cc1ccccc1)Cc1cc(C(=O)NCc2ccc3c(c2)OCO3)no1. The topological polar surface area (TPSA) is 76.8 Å². The highest BCUT2D eigenvalue weighted by molar-refractivity contribution is 5.92. The summed E-state index contributed by atoms with van der Waals surface area (Å²) in [7, 11) is 0. The molecule has 7 nitrogen and oxygen atoms in total. The van der Waals surface area contributed by atoms with Crippen molar-refractivity contribution < 1.29 is 18.8 Å². The first-order valence-electron chi connectivity index (χ1n) is 10.8. The van der Waals surface area contributed by atoms with E-state index in [0.717, 1.165) is 30.8 Å². The third kappa shape index (κ3) is 5.76. The monoisotopic (exact) mass is 433 g/mol. The maximum atomic E-state index is 12.5. The van der Waals surface area contributed by atoms with Gasteiger partial charge in [0.2, 0.25) is 6.79 Å². The Morgan fingerprint density at radius 2 is 1.97 bits per heavy atom. The molecule has 1 N–H and O–H groups in total. The highest BCUT2D eigenvalue weighted by atomic mass is 16.7. The number of fused-ring (bicyclic) bond motifs is 1. The third-order valence-corrected chi connectivity index (χ3v) is 5.07. The molecule has 0 saturated carbocycles. The number of nitrogens with zero attached hydrogens (tertiary/aromatic N) is 2. The van der Waals surface area contributed by atoms with E-state index in [4.69, 9.17) is 14.0 Å². The zero-order chi connectivity index (χ0) is 22.2. The van der Waals surface area contributed by atoms with Crippen LogP contribution in [-0.2, 0) is 13.1 Å². The van der Waals surface area contributed by atoms with E-state index in [1.165, 1.54) is 5.56 Å². The lowest BCUT2D eigenvalue weighted by Crippen LogP contribution is -2.24. The molecular weight excluding hydrogens is 406 g/mol. The molecule has 0 aliphatic carbocycles. The number of amides is 1. The molecule has 0 spiro atoms. The van der Waals surface area contributed by atoms with Crippen LogP contribution < -0.4 is 14.8 Å². The van der Waals surface area contributed by atoms with E-state index in [1.807, 2.05) is 36.4 Å². The minimum absolute atomic E-state index is 0.226. The molecule has 0 atom stereocenters. The third-order valence-electron chi connectivity index (χ3n) is 5.07. The number of ether oxygens (including phenoxy) is 2. The molecule has 2 aromatic carbocycles. The van der Waals surface area contributed by atoms with Gasteiger partial charge in [-0.25, -0.2) is 0 Å². The van der Waals surface area contributed by atoms with Crippen LogP contribution in [0.2, 0.25) is 0 Å². The van der Waals surface area contributed by atoms with E-state index in [-0.39, 0.29) is 18.4 Å². The fourth-order valence-corrected chi connectivity index (χ4v) is 3.49. The van der Waals surface area contributed by atoms with E-state index in [9.17, 15) is 4.79 Å². The molecule has 2 heterocycles. The van der Waals surface area contributed by atoms with Crippen molar-refractivity contribution in [3.63, 3.8) is 0 Å². The summed E-state index contributed by atoms with van der Waals surface area (Å²) in [6.07, 6.45) is 5.27. The first-order valence-corrected chi connectivity index (χ1v) is 10.8. The van der Waals surface area contributed by atoms with Crippen LogP contribution in [0.3, 0.4) is 0 Å². The van der Waals surface area contributed by atoms with E-state index >= 15 is 0 Å². The summed E-state index contributed by atoms with van der Waals surface area (Å²) in [4.78, 5) is 14.7. The van der Waals surface area contributed by atoms with Gasteiger partial charge in [0.25, 0.3) is 5.91 Å². The first kappa shape index (κ1) is 21.6. The van der Waals surface area contributed by atoms with Gasteiger partial charge in [0.15, 0.2) is 23.0 Å². The average Bonchev–Trinajstić information content (AvgIpc) is 3.47. The summed E-state index contributed by atoms with van der Waals surface area (Å²) in [5.74, 6) is 1.80. The van der Waals surface area contributed by atoms with Crippen molar-refractivity contribution in [1.29, 1.82) is 0 Å². The molecule has 0 bridgehead atoms. The summed E-state index contributed by atoms with van der Waals surface area (Å²) in [5, 5.41) is 6.82. The van der Waals surface area contributed by atoms with Crippen LogP contribution in [0, 0.1) is 0 Å². The van der Waals surface area contributed by atoms with Gasteiger partial charge in [0.1, 0.15) is 0 Å². The van der Waals surface area contributed by atoms with Crippen molar-refractivity contribution in [3.8, 4) is 11.5 Å². The molecular formula is C25H27N3O4. The minimum Gasteiger partial charge on any atom is -0.454 e. The van der Waals surface area contributed by atoms with Gasteiger partial charge in [0.05, 0.1) is 6.54 Å². The van der Waals surface area contributed by atoms with Crippen molar-refractivity contribution in [3.05, 3.63) is 83.3 Å². The predicted molar refractivity (Wildman–Crippen MR) is 121 cm³/mol. The molecule has 4 rings (SSSR count). The van der Waals surface area contributed by atoms with Crippen LogP contribution >= 0.6 is 0 Å². The summed E-state index contributed by atoms with van der Waals surface area (Å²) in [6.45, 7) is 5.03. The number of hydrogen-bond acceptors (Lipinski definition) is 6. The summed E-state index contributed by atoms with van der Waals surface area (Å²) in [6, 6.07) is 17.5. The lowest BCUT2D eigenvalue weighted by atomic mass is 10.2. The predicted octanol–water partition coefficient (Wildman–Crippen LogP) is 4.26. The molecule has 32 heavy (non-hydrogen) atoms. The second-order valence-corrected chi connectivity index (χ2v) is 7.60. The lowest BCUT2D eigenvalue weighted by molar-refractivity contribution is 0.0941. The maximum absolute atomic E-state index is 12.5. The highest BCUT2D eigenvalue weighted by Gasteiger charge is 2.16. The number of carbonyl (C=O) groups is 1. The molecule has 1 aliphatic heterocycles. The molecule has 7 heteroatoms. The molecule has 1 aromatic heterocycles. The molecule has 166 valence electrons. The zero-order valence-corrected chi connectivity index (χ0v) is 18.1. The Hall–Kier alpha value is -3.58. The Balaban J connectivity index is 1.30. The second-order valence-electron chi connectivity index (χ2n) is 7.60. The molecule has 0 radical (unpaired) electrons. The van der Waals surface area contributed by atoms with Gasteiger partial charge in [-0.05, 0) is 36.2 Å². The van der Waals surface area contributed by atoms with Crippen molar-refractivity contribution in [2.24, 2.45) is 0 Å². The van der Waals surface area contributed by atoms with Crippen LogP contribution in [0.25, 0.3) is 6.08 Å². The molecule has 1 amide bonds. The standard InChI is InChI=1S/C25H27N3O4/c1-2-12-28(13-6-9-19-7-4-3-5-8-19)17-21-15-22(27-32-21)25(29)26-16-20-10-11-23-24(14-20)31-18-30-23/h3-11,14-15H,2,12-13,16-18H2,1H3,(H,26,29). The molecule has 0 unspecified atom stereocenters. The smallest absolute Gasteiger partial charge is 0.273 e. The van der Waals surface area contributed by atoms with Gasteiger partial charge in [-0.3, -0.25) is 9.69 Å². The number of carbonyl (C=O) groups excluding carboxylic acids is 1. The largest absolute Gasteiger partial charge is 0.454 e. The summed E-state index contributed by atoms with van der Waals surface area (Å²) < 4.78 is 16.1. The Kier molecular flexibility index (Phi) is 7.19. The van der Waals surface area contributed by atoms with Gasteiger partial charge < -0.3 is 19.3 Å². The van der Waals surface area contributed by atoms with Gasteiger partial charge in [-0.1, -0.05) is 60.6 Å². The molecule has 1 aliphatic rings. The van der Waals surface area contributed by atoms with Crippen LogP contribution in [0.15, 0.2) is 65.2 Å². The van der Waals surface area contributed by atoms with E-state index < -0.39 is 0 Å². The van der Waals surface area contributed by atoms with Crippen LogP contribution in [-0.4, -0.2) is 35.8 Å². The van der Waals surface area contributed by atoms with Gasteiger partial charge in [-0.15, -0.1) is 0 Å². The van der Waals surface area contributed by atoms with Crippen molar-refractivity contribution >= 4 is 12.0 Å².